The van der Waals surface area contributed by atoms with Gasteiger partial charge in [0.15, 0.2) is 0 Å². The molecule has 0 radical (unpaired) electrons. The van der Waals surface area contributed by atoms with E-state index in [0.29, 0.717) is 13.0 Å². The molecular formula is C11H20NO3P. The van der Waals surface area contributed by atoms with E-state index < -0.39 is 0 Å². The largest absolute Gasteiger partial charge is 0.353 e. The van der Waals surface area contributed by atoms with Crippen LogP contribution in [-0.4, -0.2) is 24.8 Å². The highest BCUT2D eigenvalue weighted by Crippen LogP contribution is 2.02. The summed E-state index contributed by atoms with van der Waals surface area (Å²) in [7, 11) is 2.17. The molecule has 1 atom stereocenters. The molecule has 4 nitrogen and oxygen atoms in total. The summed E-state index contributed by atoms with van der Waals surface area (Å²) in [6.07, 6.45) is 6.65. The van der Waals surface area contributed by atoms with Crippen molar-refractivity contribution in [3.8, 4) is 0 Å². The molecule has 0 aromatic carbocycles. The van der Waals surface area contributed by atoms with Crippen LogP contribution in [0.2, 0.25) is 0 Å². The van der Waals surface area contributed by atoms with E-state index in [9.17, 15) is 9.59 Å². The number of nitrogens with one attached hydrogen (secondary N) is 1. The molecule has 0 aliphatic heterocycles. The maximum absolute atomic E-state index is 10.9. The summed E-state index contributed by atoms with van der Waals surface area (Å²) in [6.45, 7) is 4.50. The number of carbonyl (C=O) groups excluding carboxylic acids is 3. The minimum Gasteiger partial charge on any atom is -0.353 e. The number of hydrogen-bond acceptors (Lipinski definition) is 3. The maximum Gasteiger partial charge on any atom is 0.243 e. The van der Waals surface area contributed by atoms with E-state index in [1.807, 2.05) is 13.7 Å². The minimum absolute atomic E-state index is 0.0466. The molecule has 5 heteroatoms. The molecule has 1 amide bonds. The molecule has 0 spiro atoms. The zero-order chi connectivity index (χ0) is 12.8. The normalized spacial score (nSPS) is 9.38. The summed E-state index contributed by atoms with van der Waals surface area (Å²) in [6, 6.07) is 0. The number of allylic oxidation sites excluding steroid dienone is 1. The molecule has 1 N–H and O–H groups in total. The van der Waals surface area contributed by atoms with Crippen molar-refractivity contribution in [2.45, 2.75) is 32.6 Å². The third-order valence-corrected chi connectivity index (χ3v) is 2.01. The topological polar surface area (TPSA) is 63.2 Å². The van der Waals surface area contributed by atoms with Crippen molar-refractivity contribution in [2.24, 2.45) is 0 Å². The first-order valence-electron chi connectivity index (χ1n) is 5.14. The van der Waals surface area contributed by atoms with E-state index in [1.54, 1.807) is 6.08 Å². The van der Waals surface area contributed by atoms with Crippen LogP contribution in [0.25, 0.3) is 0 Å². The molecule has 0 aromatic rings. The average molecular weight is 245 g/mol. The molecule has 0 fully saturated rings. The van der Waals surface area contributed by atoms with E-state index in [1.165, 1.54) is 6.08 Å². The molecule has 0 saturated carbocycles. The zero-order valence-electron chi connectivity index (χ0n) is 9.70. The Hall–Kier alpha value is -1.02. The zero-order valence-corrected chi connectivity index (χ0v) is 10.9. The van der Waals surface area contributed by atoms with Gasteiger partial charge in [-0.2, -0.15) is 0 Å². The van der Waals surface area contributed by atoms with Gasteiger partial charge in [-0.1, -0.05) is 21.7 Å². The van der Waals surface area contributed by atoms with Crippen molar-refractivity contribution in [3.05, 3.63) is 12.2 Å². The fraction of sp³-hybridized carbons (Fsp3) is 0.545. The highest BCUT2D eigenvalue weighted by atomic mass is 31.0. The molecule has 0 bridgehead atoms. The lowest BCUT2D eigenvalue weighted by Gasteiger charge is -2.01. The van der Waals surface area contributed by atoms with E-state index >= 15 is 0 Å². The predicted octanol–water partition coefficient (Wildman–Crippen LogP) is 1.46. The lowest BCUT2D eigenvalue weighted by Crippen LogP contribution is -2.21. The molecule has 0 saturated heterocycles. The Morgan fingerprint density at radius 2 is 1.88 bits per heavy atom. The van der Waals surface area contributed by atoms with Gasteiger partial charge in [0.05, 0.1) is 0 Å². The number of rotatable bonds is 7. The third kappa shape index (κ3) is 15.5. The monoisotopic (exact) mass is 245 g/mol. The number of amides is 1. The maximum atomic E-state index is 10.9. The molecule has 0 rings (SSSR count). The molecule has 92 valence electrons. The molecule has 16 heavy (non-hydrogen) atoms. The molecule has 0 heterocycles. The van der Waals surface area contributed by atoms with E-state index in [4.69, 9.17) is 4.79 Å². The highest BCUT2D eigenvalue weighted by molar-refractivity contribution is 7.40. The first-order chi connectivity index (χ1) is 7.66. The molecule has 1 unspecified atom stereocenters. The summed E-state index contributed by atoms with van der Waals surface area (Å²) in [5, 5.41) is 2.76. The van der Waals surface area contributed by atoms with Gasteiger partial charge in [-0.25, -0.2) is 0 Å². The molecular weight excluding hydrogens is 225 g/mol. The minimum atomic E-state index is -0.0466. The van der Waals surface area contributed by atoms with E-state index in [0.717, 1.165) is 19.3 Å². The summed E-state index contributed by atoms with van der Waals surface area (Å²) in [5.41, 5.74) is 0.156. The number of hydrogen-bond donors (Lipinski definition) is 1. The van der Waals surface area contributed by atoms with Crippen molar-refractivity contribution >= 4 is 27.5 Å². The Labute approximate surface area is 99.1 Å². The fourth-order valence-electron chi connectivity index (χ4n) is 1.02. The van der Waals surface area contributed by atoms with Gasteiger partial charge in [0.2, 0.25) is 5.91 Å². The lowest BCUT2D eigenvalue weighted by atomic mass is 10.2. The van der Waals surface area contributed by atoms with Crippen LogP contribution in [0.15, 0.2) is 12.2 Å². The van der Waals surface area contributed by atoms with Crippen molar-refractivity contribution < 1.29 is 14.4 Å². The smallest absolute Gasteiger partial charge is 0.243 e. The van der Waals surface area contributed by atoms with Gasteiger partial charge in [-0.05, 0) is 25.8 Å². The Balaban J connectivity index is 0. The SMILES string of the molecule is C/C=C\C(=O)NCCCCCC(=O)P.C=O. The van der Waals surface area contributed by atoms with Crippen LogP contribution >= 0.6 is 9.24 Å². The van der Waals surface area contributed by atoms with Gasteiger partial charge in [0.25, 0.3) is 0 Å². The number of carbonyl (C=O) groups is 3. The van der Waals surface area contributed by atoms with Gasteiger partial charge in [-0.15, -0.1) is 0 Å². The molecule has 0 aliphatic rings. The Morgan fingerprint density at radius 3 is 2.38 bits per heavy atom. The summed E-state index contributed by atoms with van der Waals surface area (Å²) in [4.78, 5) is 29.5. The van der Waals surface area contributed by atoms with Crippen LogP contribution in [-0.2, 0) is 14.4 Å². The fourth-order valence-corrected chi connectivity index (χ4v) is 1.23. The summed E-state index contributed by atoms with van der Waals surface area (Å²) < 4.78 is 0. The Bertz CT molecular complexity index is 229. The standard InChI is InChI=1S/C10H18NO2P.CH2O/c1-2-6-9(12)11-8-5-3-4-7-10(13)14;1-2/h2,6H,3-5,7-8,14H2,1H3,(H,11,12);1H2/b6-2-;. The van der Waals surface area contributed by atoms with Crippen LogP contribution in [0, 0.1) is 0 Å². The predicted molar refractivity (Wildman–Crippen MR) is 68.1 cm³/mol. The molecule has 0 aliphatic carbocycles. The van der Waals surface area contributed by atoms with Gasteiger partial charge >= 0.3 is 0 Å². The van der Waals surface area contributed by atoms with Crippen LogP contribution in [0.5, 0.6) is 0 Å². The third-order valence-electron chi connectivity index (χ3n) is 1.72. The summed E-state index contributed by atoms with van der Waals surface area (Å²) in [5.74, 6) is -0.0466. The quantitative estimate of drug-likeness (QED) is 0.419. The Kier molecular flexibility index (Phi) is 15.2. The van der Waals surface area contributed by atoms with E-state index in [2.05, 4.69) is 14.6 Å². The van der Waals surface area contributed by atoms with Gasteiger partial charge in [0, 0.05) is 13.0 Å². The van der Waals surface area contributed by atoms with Gasteiger partial charge in [-0.3, -0.25) is 9.59 Å². The van der Waals surface area contributed by atoms with Crippen molar-refractivity contribution in [1.82, 2.24) is 5.32 Å². The van der Waals surface area contributed by atoms with Crippen molar-refractivity contribution in [1.29, 1.82) is 0 Å². The first-order valence-corrected chi connectivity index (χ1v) is 5.72. The lowest BCUT2D eigenvalue weighted by molar-refractivity contribution is -0.116. The van der Waals surface area contributed by atoms with Gasteiger partial charge in [0.1, 0.15) is 12.3 Å². The van der Waals surface area contributed by atoms with E-state index in [-0.39, 0.29) is 11.4 Å². The average Bonchev–Trinajstić information content (AvgIpc) is 2.26. The summed E-state index contributed by atoms with van der Waals surface area (Å²) >= 11 is 0. The Morgan fingerprint density at radius 1 is 1.25 bits per heavy atom. The van der Waals surface area contributed by atoms with Crippen molar-refractivity contribution in [3.63, 3.8) is 0 Å². The van der Waals surface area contributed by atoms with Gasteiger partial charge < -0.3 is 10.1 Å². The molecule has 0 aromatic heterocycles. The van der Waals surface area contributed by atoms with Crippen LogP contribution in [0.3, 0.4) is 0 Å². The second-order valence-electron chi connectivity index (χ2n) is 3.07. The second-order valence-corrected chi connectivity index (χ2v) is 3.71. The van der Waals surface area contributed by atoms with Crippen molar-refractivity contribution in [2.75, 3.05) is 6.54 Å². The first kappa shape index (κ1) is 17.4. The number of unbranched alkanes of at least 4 members (excludes halogenated alkanes) is 2. The second kappa shape index (κ2) is 14.0. The van der Waals surface area contributed by atoms with Crippen LogP contribution in [0.1, 0.15) is 32.6 Å². The van der Waals surface area contributed by atoms with Crippen LogP contribution in [0.4, 0.5) is 0 Å². The highest BCUT2D eigenvalue weighted by Gasteiger charge is 1.95. The van der Waals surface area contributed by atoms with Crippen LogP contribution < -0.4 is 5.32 Å².